The van der Waals surface area contributed by atoms with Crippen molar-refractivity contribution in [1.82, 2.24) is 0 Å². The Labute approximate surface area is 147 Å². The average molecular weight is 337 g/mol. The van der Waals surface area contributed by atoms with Crippen LogP contribution in [0.4, 0.5) is 0 Å². The number of aliphatic carboxylic acids is 1. The van der Waals surface area contributed by atoms with Crippen molar-refractivity contribution in [2.45, 2.75) is 89.6 Å². The normalized spacial score (nSPS) is 36.1. The molecule has 0 radical (unpaired) electrons. The second-order valence-corrected chi connectivity index (χ2v) is 8.36. The third kappa shape index (κ3) is 4.84. The molecule has 0 aromatic carbocycles. The molecular weight excluding hydrogens is 300 g/mol. The summed E-state index contributed by atoms with van der Waals surface area (Å²) in [6.45, 7) is 5.24. The minimum absolute atomic E-state index is 0.252. The van der Waals surface area contributed by atoms with Crippen LogP contribution in [0.1, 0.15) is 84.0 Å². The molecule has 2 N–H and O–H groups in total. The molecule has 3 heteroatoms. The van der Waals surface area contributed by atoms with Crippen LogP contribution in [0.2, 0.25) is 0 Å². The smallest absolute Gasteiger partial charge is 0.327 e. The van der Waals surface area contributed by atoms with E-state index in [9.17, 15) is 9.90 Å². The molecule has 4 aliphatic rings. The number of carboxylic acids is 1. The van der Waals surface area contributed by atoms with E-state index in [-0.39, 0.29) is 5.60 Å². The summed E-state index contributed by atoms with van der Waals surface area (Å²) >= 11 is 0. The van der Waals surface area contributed by atoms with Crippen molar-refractivity contribution < 1.29 is 15.0 Å². The minimum Gasteiger partial charge on any atom is -0.478 e. The van der Waals surface area contributed by atoms with Crippen molar-refractivity contribution in [2.24, 2.45) is 23.7 Å². The Morgan fingerprint density at radius 3 is 1.92 bits per heavy atom. The van der Waals surface area contributed by atoms with Crippen molar-refractivity contribution in [1.29, 1.82) is 0 Å². The number of hydrogen-bond acceptors (Lipinski definition) is 2. The zero-order valence-corrected chi connectivity index (χ0v) is 15.4. The van der Waals surface area contributed by atoms with E-state index in [1.165, 1.54) is 70.6 Å². The molecule has 0 spiro atoms. The summed E-state index contributed by atoms with van der Waals surface area (Å²) < 4.78 is 0. The predicted molar refractivity (Wildman–Crippen MR) is 97.8 cm³/mol. The zero-order valence-electron chi connectivity index (χ0n) is 15.4. The maximum absolute atomic E-state index is 11.2. The van der Waals surface area contributed by atoms with Gasteiger partial charge in [0.1, 0.15) is 0 Å². The van der Waals surface area contributed by atoms with Gasteiger partial charge in [0.15, 0.2) is 0 Å². The van der Waals surface area contributed by atoms with Crippen LogP contribution in [-0.4, -0.2) is 21.8 Å². The van der Waals surface area contributed by atoms with Crippen molar-refractivity contribution in [3.8, 4) is 0 Å². The van der Waals surface area contributed by atoms with Gasteiger partial charge in [-0.2, -0.15) is 0 Å². The van der Waals surface area contributed by atoms with Crippen molar-refractivity contribution in [2.75, 3.05) is 0 Å². The Bertz CT molecular complexity index is 387. The Balaban J connectivity index is 0.000000368. The number of unbranched alkanes of at least 4 members (excludes halogenated alkanes) is 5. The van der Waals surface area contributed by atoms with Gasteiger partial charge >= 0.3 is 5.97 Å². The van der Waals surface area contributed by atoms with E-state index in [1.54, 1.807) is 0 Å². The van der Waals surface area contributed by atoms with Crippen LogP contribution in [-0.2, 0) is 4.79 Å². The molecule has 0 atom stereocenters. The molecule has 0 saturated heterocycles. The maximum atomic E-state index is 11.2. The predicted octanol–water partition coefficient (Wildman–Crippen LogP) is 5.18. The molecule has 4 aliphatic carbocycles. The lowest BCUT2D eigenvalue weighted by Gasteiger charge is -2.59. The Kier molecular flexibility index (Phi) is 7.34. The van der Waals surface area contributed by atoms with Gasteiger partial charge in [-0.1, -0.05) is 52.0 Å². The summed E-state index contributed by atoms with van der Waals surface area (Å²) in [4.78, 5) is 9.25. The first kappa shape index (κ1) is 19.5. The second kappa shape index (κ2) is 9.03. The molecule has 0 heterocycles. The molecule has 138 valence electrons. The fraction of sp³-hybridized carbons (Fsp3) is 0.857. The van der Waals surface area contributed by atoms with Gasteiger partial charge in [0, 0.05) is 6.08 Å². The molecule has 0 aromatic rings. The third-order valence-corrected chi connectivity index (χ3v) is 6.66. The van der Waals surface area contributed by atoms with Crippen LogP contribution in [0.5, 0.6) is 0 Å². The van der Waals surface area contributed by atoms with Crippen molar-refractivity contribution in [3.05, 3.63) is 12.7 Å². The quantitative estimate of drug-likeness (QED) is 0.474. The summed E-state index contributed by atoms with van der Waals surface area (Å²) in [7, 11) is 0. The molecule has 4 fully saturated rings. The highest BCUT2D eigenvalue weighted by Crippen LogP contribution is 2.59. The van der Waals surface area contributed by atoms with Crippen LogP contribution in [0, 0.1) is 23.7 Å². The lowest BCUT2D eigenvalue weighted by Crippen LogP contribution is -2.57. The monoisotopic (exact) mass is 336 g/mol. The Hall–Kier alpha value is -0.830. The lowest BCUT2D eigenvalue weighted by molar-refractivity contribution is -0.176. The minimum atomic E-state index is -0.981. The number of carboxylic acid groups (broad SMARTS) is 1. The largest absolute Gasteiger partial charge is 0.478 e. The van der Waals surface area contributed by atoms with Crippen LogP contribution < -0.4 is 0 Å². The van der Waals surface area contributed by atoms with E-state index < -0.39 is 5.97 Å². The first-order chi connectivity index (χ1) is 11.5. The van der Waals surface area contributed by atoms with Gasteiger partial charge in [-0.05, 0) is 62.2 Å². The van der Waals surface area contributed by atoms with Crippen LogP contribution in [0.25, 0.3) is 0 Å². The highest BCUT2D eigenvalue weighted by Gasteiger charge is 2.55. The van der Waals surface area contributed by atoms with Crippen LogP contribution >= 0.6 is 0 Å². The van der Waals surface area contributed by atoms with Gasteiger partial charge < -0.3 is 10.2 Å². The highest BCUT2D eigenvalue weighted by molar-refractivity contribution is 5.78. The number of carbonyl (C=O) groups is 1. The summed E-state index contributed by atoms with van der Waals surface area (Å²) in [5, 5.41) is 18.8. The van der Waals surface area contributed by atoms with Crippen LogP contribution in [0.15, 0.2) is 12.7 Å². The topological polar surface area (TPSA) is 57.5 Å². The maximum Gasteiger partial charge on any atom is 0.327 e. The number of rotatable bonds is 8. The fourth-order valence-corrected chi connectivity index (χ4v) is 5.60. The molecule has 0 aliphatic heterocycles. The average Bonchev–Trinajstić information content (AvgIpc) is 2.56. The molecule has 4 saturated carbocycles. The molecule has 0 amide bonds. The van der Waals surface area contributed by atoms with Gasteiger partial charge in [-0.15, -0.1) is 0 Å². The van der Waals surface area contributed by atoms with Gasteiger partial charge in [0.05, 0.1) is 5.60 Å². The Morgan fingerprint density at radius 1 is 1.00 bits per heavy atom. The van der Waals surface area contributed by atoms with Gasteiger partial charge in [-0.25, -0.2) is 4.79 Å². The molecule has 0 unspecified atom stereocenters. The molecular formula is C21H36O3. The van der Waals surface area contributed by atoms with Crippen molar-refractivity contribution >= 4 is 5.97 Å². The molecule has 4 bridgehead atoms. The summed E-state index contributed by atoms with van der Waals surface area (Å²) in [5.41, 5.74) is -0.252. The summed E-state index contributed by atoms with van der Waals surface area (Å²) in [5.74, 6) is 2.31. The third-order valence-electron chi connectivity index (χ3n) is 6.66. The van der Waals surface area contributed by atoms with E-state index in [4.69, 9.17) is 5.11 Å². The fourth-order valence-electron chi connectivity index (χ4n) is 5.60. The molecule has 4 rings (SSSR count). The number of hydrogen-bond donors (Lipinski definition) is 2. The van der Waals surface area contributed by atoms with E-state index in [0.29, 0.717) is 11.8 Å². The molecule has 24 heavy (non-hydrogen) atoms. The van der Waals surface area contributed by atoms with E-state index in [2.05, 4.69) is 13.5 Å². The van der Waals surface area contributed by atoms with E-state index in [1.807, 2.05) is 0 Å². The number of aliphatic hydroxyl groups is 1. The zero-order chi connectivity index (χ0) is 17.6. The lowest BCUT2D eigenvalue weighted by atomic mass is 9.49. The van der Waals surface area contributed by atoms with E-state index in [0.717, 1.165) is 24.3 Å². The van der Waals surface area contributed by atoms with Gasteiger partial charge in [0.25, 0.3) is 0 Å². The first-order valence-electron chi connectivity index (χ1n) is 10.1. The van der Waals surface area contributed by atoms with E-state index >= 15 is 0 Å². The van der Waals surface area contributed by atoms with Gasteiger partial charge in [-0.3, -0.25) is 0 Å². The van der Waals surface area contributed by atoms with Crippen LogP contribution in [0.3, 0.4) is 0 Å². The molecule has 0 aromatic heterocycles. The standard InChI is InChI=1S/C18H32O.C3H4O2/c1-2-3-4-5-6-7-8-18(19)16-10-14-9-15(12-16)13-17(18)11-14;1-2-3(4)5/h14-17,19H,2-13H2,1H3;2H,1H2,(H,4,5). The van der Waals surface area contributed by atoms with Crippen molar-refractivity contribution in [3.63, 3.8) is 0 Å². The summed E-state index contributed by atoms with van der Waals surface area (Å²) in [6, 6.07) is 0. The Morgan fingerprint density at radius 2 is 1.46 bits per heavy atom. The first-order valence-corrected chi connectivity index (χ1v) is 10.1. The van der Waals surface area contributed by atoms with Gasteiger partial charge in [0.2, 0.25) is 0 Å². The molecule has 3 nitrogen and oxygen atoms in total. The SMILES string of the molecule is C=CC(=O)O.CCCCCCCCC1(O)C2CC3CC(C2)CC1C3. The second-order valence-electron chi connectivity index (χ2n) is 8.36. The summed E-state index contributed by atoms with van der Waals surface area (Å²) in [6.07, 6.45) is 16.9. The highest BCUT2D eigenvalue weighted by atomic mass is 16.4.